The second-order valence-electron chi connectivity index (χ2n) is 6.72. The first kappa shape index (κ1) is 23.0. The van der Waals surface area contributed by atoms with Crippen LogP contribution in [0.15, 0.2) is 18.2 Å². The summed E-state index contributed by atoms with van der Waals surface area (Å²) < 4.78 is 9.84. The Bertz CT molecular complexity index is 669. The summed E-state index contributed by atoms with van der Waals surface area (Å²) in [6.07, 6.45) is 0.107. The fourth-order valence-electron chi connectivity index (χ4n) is 2.15. The van der Waals surface area contributed by atoms with Crippen molar-refractivity contribution in [2.75, 3.05) is 13.7 Å². The zero-order valence-corrected chi connectivity index (χ0v) is 17.2. The summed E-state index contributed by atoms with van der Waals surface area (Å²) in [6.45, 7) is 5.55. The van der Waals surface area contributed by atoms with Crippen LogP contribution in [0.3, 0.4) is 0 Å². The Balaban J connectivity index is 2.63. The molecule has 0 aliphatic heterocycles. The van der Waals surface area contributed by atoms with Crippen LogP contribution in [0.4, 0.5) is 4.79 Å². The van der Waals surface area contributed by atoms with Gasteiger partial charge in [0.25, 0.3) is 5.91 Å². The van der Waals surface area contributed by atoms with Crippen LogP contribution < -0.4 is 10.6 Å². The maximum atomic E-state index is 12.4. The SMILES string of the molecule is COC(=O)[C@H](CCCNC(=O)OC(C)(C)C)NC(=O)c1c(Cl)cccc1Cl. The normalized spacial score (nSPS) is 12.1. The fraction of sp³-hybridized carbons (Fsp3) is 0.500. The van der Waals surface area contributed by atoms with E-state index < -0.39 is 29.6 Å². The predicted molar refractivity (Wildman–Crippen MR) is 103 cm³/mol. The van der Waals surface area contributed by atoms with Gasteiger partial charge in [0.05, 0.1) is 22.7 Å². The van der Waals surface area contributed by atoms with E-state index in [-0.39, 0.29) is 28.6 Å². The summed E-state index contributed by atoms with van der Waals surface area (Å²) >= 11 is 12.0. The fourth-order valence-corrected chi connectivity index (χ4v) is 2.72. The van der Waals surface area contributed by atoms with Gasteiger partial charge in [0, 0.05) is 6.54 Å². The molecule has 0 unspecified atom stereocenters. The highest BCUT2D eigenvalue weighted by Crippen LogP contribution is 2.24. The van der Waals surface area contributed by atoms with Crippen molar-refractivity contribution < 1.29 is 23.9 Å². The van der Waals surface area contributed by atoms with Gasteiger partial charge in [-0.2, -0.15) is 0 Å². The minimum absolute atomic E-state index is 0.0848. The lowest BCUT2D eigenvalue weighted by atomic mass is 10.1. The molecule has 0 aliphatic rings. The van der Waals surface area contributed by atoms with E-state index >= 15 is 0 Å². The van der Waals surface area contributed by atoms with Gasteiger partial charge in [0.2, 0.25) is 0 Å². The highest BCUT2D eigenvalue weighted by Gasteiger charge is 2.24. The van der Waals surface area contributed by atoms with Crippen molar-refractivity contribution in [3.8, 4) is 0 Å². The molecule has 0 aliphatic carbocycles. The Hall–Kier alpha value is -1.99. The van der Waals surface area contributed by atoms with Gasteiger partial charge >= 0.3 is 12.1 Å². The second kappa shape index (κ2) is 10.4. The Morgan fingerprint density at radius 3 is 2.26 bits per heavy atom. The summed E-state index contributed by atoms with van der Waals surface area (Å²) in [5.74, 6) is -1.19. The number of ether oxygens (including phenoxy) is 2. The van der Waals surface area contributed by atoms with Crippen LogP contribution in [0.25, 0.3) is 0 Å². The number of carbonyl (C=O) groups is 3. The van der Waals surface area contributed by atoms with Crippen molar-refractivity contribution in [3.05, 3.63) is 33.8 Å². The van der Waals surface area contributed by atoms with Gasteiger partial charge in [-0.3, -0.25) is 4.79 Å². The molecule has 1 rings (SSSR count). The lowest BCUT2D eigenvalue weighted by Crippen LogP contribution is -2.42. The van der Waals surface area contributed by atoms with Crippen LogP contribution in [0.2, 0.25) is 10.0 Å². The van der Waals surface area contributed by atoms with Crippen LogP contribution in [0.5, 0.6) is 0 Å². The van der Waals surface area contributed by atoms with E-state index in [1.54, 1.807) is 26.8 Å². The van der Waals surface area contributed by atoms with Crippen LogP contribution in [-0.4, -0.2) is 43.3 Å². The highest BCUT2D eigenvalue weighted by molar-refractivity contribution is 6.39. The van der Waals surface area contributed by atoms with Gasteiger partial charge in [-0.25, -0.2) is 9.59 Å². The number of methoxy groups -OCH3 is 1. The van der Waals surface area contributed by atoms with Crippen LogP contribution in [0.1, 0.15) is 44.0 Å². The molecule has 1 aromatic carbocycles. The number of rotatable bonds is 7. The maximum Gasteiger partial charge on any atom is 0.407 e. The molecule has 0 aromatic heterocycles. The molecule has 0 saturated carbocycles. The minimum Gasteiger partial charge on any atom is -0.467 e. The van der Waals surface area contributed by atoms with Gasteiger partial charge in [0.1, 0.15) is 11.6 Å². The average Bonchev–Trinajstić information content (AvgIpc) is 2.55. The summed E-state index contributed by atoms with van der Waals surface area (Å²) in [5, 5.41) is 5.50. The molecule has 9 heteroatoms. The van der Waals surface area contributed by atoms with Gasteiger partial charge in [0.15, 0.2) is 0 Å². The number of hydrogen-bond acceptors (Lipinski definition) is 5. The maximum absolute atomic E-state index is 12.4. The van der Waals surface area contributed by atoms with Crippen molar-refractivity contribution in [2.45, 2.75) is 45.3 Å². The third-order valence-electron chi connectivity index (χ3n) is 3.32. The molecule has 0 spiro atoms. The van der Waals surface area contributed by atoms with Crippen molar-refractivity contribution >= 4 is 41.2 Å². The quantitative estimate of drug-likeness (QED) is 0.521. The molecule has 1 atom stereocenters. The molecule has 7 nitrogen and oxygen atoms in total. The van der Waals surface area contributed by atoms with Crippen molar-refractivity contribution in [1.82, 2.24) is 10.6 Å². The van der Waals surface area contributed by atoms with E-state index in [0.29, 0.717) is 6.42 Å². The standard InChI is InChI=1S/C18H24Cl2N2O5/c1-18(2,3)27-17(25)21-10-6-9-13(16(24)26-4)22-15(23)14-11(19)7-5-8-12(14)20/h5,7-8,13H,6,9-10H2,1-4H3,(H,21,25)(H,22,23)/t13-/m0/s1. The highest BCUT2D eigenvalue weighted by atomic mass is 35.5. The van der Waals surface area contributed by atoms with E-state index in [2.05, 4.69) is 10.6 Å². The van der Waals surface area contributed by atoms with E-state index in [1.807, 2.05) is 0 Å². The third kappa shape index (κ3) is 8.05. The molecule has 27 heavy (non-hydrogen) atoms. The molecular formula is C18H24Cl2N2O5. The molecular weight excluding hydrogens is 395 g/mol. The molecule has 0 saturated heterocycles. The van der Waals surface area contributed by atoms with E-state index in [1.165, 1.54) is 19.2 Å². The van der Waals surface area contributed by atoms with E-state index in [9.17, 15) is 14.4 Å². The third-order valence-corrected chi connectivity index (χ3v) is 3.95. The number of benzene rings is 1. The van der Waals surface area contributed by atoms with Gasteiger partial charge in [-0.1, -0.05) is 29.3 Å². The smallest absolute Gasteiger partial charge is 0.407 e. The summed E-state index contributed by atoms with van der Waals surface area (Å²) in [6, 6.07) is 3.76. The molecule has 0 bridgehead atoms. The molecule has 2 amide bonds. The Morgan fingerprint density at radius 2 is 1.74 bits per heavy atom. The zero-order chi connectivity index (χ0) is 20.6. The van der Waals surface area contributed by atoms with Crippen LogP contribution >= 0.6 is 23.2 Å². The Kier molecular flexibility index (Phi) is 8.85. The minimum atomic E-state index is -0.907. The average molecular weight is 419 g/mol. The first-order chi connectivity index (χ1) is 12.5. The number of alkyl carbamates (subject to hydrolysis) is 1. The lowest BCUT2D eigenvalue weighted by Gasteiger charge is -2.20. The summed E-state index contributed by atoms with van der Waals surface area (Å²) in [5.41, 5.74) is -0.512. The molecule has 1 aromatic rings. The molecule has 0 fully saturated rings. The Morgan fingerprint density at radius 1 is 1.15 bits per heavy atom. The van der Waals surface area contributed by atoms with Crippen LogP contribution in [-0.2, 0) is 14.3 Å². The van der Waals surface area contributed by atoms with Crippen molar-refractivity contribution in [3.63, 3.8) is 0 Å². The molecule has 150 valence electrons. The molecule has 2 N–H and O–H groups in total. The van der Waals surface area contributed by atoms with Gasteiger partial charge < -0.3 is 20.1 Å². The topological polar surface area (TPSA) is 93.7 Å². The Labute approximate surface area is 168 Å². The number of amides is 2. The second-order valence-corrected chi connectivity index (χ2v) is 7.53. The number of halogens is 2. The van der Waals surface area contributed by atoms with E-state index in [0.717, 1.165) is 0 Å². The number of esters is 1. The first-order valence-corrected chi connectivity index (χ1v) is 9.10. The number of hydrogen-bond donors (Lipinski definition) is 2. The van der Waals surface area contributed by atoms with Gasteiger partial charge in [-0.05, 0) is 45.7 Å². The summed E-state index contributed by atoms with van der Waals surface area (Å²) in [4.78, 5) is 36.0. The predicted octanol–water partition coefficient (Wildman–Crippen LogP) is 3.57. The van der Waals surface area contributed by atoms with Crippen molar-refractivity contribution in [2.24, 2.45) is 0 Å². The summed E-state index contributed by atoms with van der Waals surface area (Å²) in [7, 11) is 1.23. The largest absolute Gasteiger partial charge is 0.467 e. The number of carbonyl (C=O) groups excluding carboxylic acids is 3. The number of nitrogens with one attached hydrogen (secondary N) is 2. The van der Waals surface area contributed by atoms with Crippen molar-refractivity contribution in [1.29, 1.82) is 0 Å². The van der Waals surface area contributed by atoms with Crippen LogP contribution in [0, 0.1) is 0 Å². The zero-order valence-electron chi connectivity index (χ0n) is 15.7. The van der Waals surface area contributed by atoms with Gasteiger partial charge in [-0.15, -0.1) is 0 Å². The van der Waals surface area contributed by atoms with E-state index in [4.69, 9.17) is 32.7 Å². The lowest BCUT2D eigenvalue weighted by molar-refractivity contribution is -0.143. The first-order valence-electron chi connectivity index (χ1n) is 8.34. The molecule has 0 heterocycles. The molecule has 0 radical (unpaired) electrons. The monoisotopic (exact) mass is 418 g/mol.